The van der Waals surface area contributed by atoms with Crippen LogP contribution in [-0.4, -0.2) is 54.2 Å². The maximum atomic E-state index is 13.3. The summed E-state index contributed by atoms with van der Waals surface area (Å²) in [6, 6.07) is 5.55. The number of nitrogens with zero attached hydrogens (tertiary/aromatic N) is 1. The van der Waals surface area contributed by atoms with Gasteiger partial charge in [0.25, 0.3) is 5.91 Å². The lowest BCUT2D eigenvalue weighted by molar-refractivity contribution is -0.134. The van der Waals surface area contributed by atoms with Crippen molar-refractivity contribution in [2.45, 2.75) is 69.0 Å². The molecule has 1 aromatic carbocycles. The van der Waals surface area contributed by atoms with Gasteiger partial charge in [-0.1, -0.05) is 12.8 Å². The van der Waals surface area contributed by atoms with Crippen LogP contribution in [0.1, 0.15) is 61.7 Å². The smallest absolute Gasteiger partial charge is 0.251 e. The number of hydrogen-bond donors (Lipinski definition) is 2. The summed E-state index contributed by atoms with van der Waals surface area (Å²) in [6.45, 7) is 1.85. The van der Waals surface area contributed by atoms with Gasteiger partial charge in [0, 0.05) is 24.2 Å². The van der Waals surface area contributed by atoms with E-state index in [4.69, 9.17) is 9.47 Å². The highest BCUT2D eigenvalue weighted by atomic mass is 16.7. The van der Waals surface area contributed by atoms with Crippen molar-refractivity contribution in [1.29, 1.82) is 0 Å². The van der Waals surface area contributed by atoms with Crippen molar-refractivity contribution in [3.8, 4) is 11.5 Å². The van der Waals surface area contributed by atoms with Crippen LogP contribution in [-0.2, 0) is 4.79 Å². The number of amides is 2. The van der Waals surface area contributed by atoms with Gasteiger partial charge in [-0.15, -0.1) is 0 Å². The fourth-order valence-corrected chi connectivity index (χ4v) is 5.47. The first-order chi connectivity index (χ1) is 14.1. The number of ether oxygens (including phenoxy) is 2. The molecule has 29 heavy (non-hydrogen) atoms. The number of carbonyl (C=O) groups excluding carboxylic acids is 2. The molecule has 3 aliphatic heterocycles. The monoisotopic (exact) mass is 399 g/mol. The highest BCUT2D eigenvalue weighted by Crippen LogP contribution is 2.39. The average Bonchev–Trinajstić information content (AvgIpc) is 3.46. The summed E-state index contributed by atoms with van der Waals surface area (Å²) in [5.41, 5.74) is 0.0943. The van der Waals surface area contributed by atoms with Gasteiger partial charge < -0.3 is 20.1 Å². The number of benzene rings is 1. The molecule has 0 aromatic heterocycles. The first-order valence-electron chi connectivity index (χ1n) is 10.9. The van der Waals surface area contributed by atoms with Gasteiger partial charge in [0.1, 0.15) is 5.54 Å². The Bertz CT molecular complexity index is 807. The van der Waals surface area contributed by atoms with Crippen LogP contribution < -0.4 is 20.1 Å². The van der Waals surface area contributed by atoms with E-state index in [1.807, 2.05) is 0 Å². The van der Waals surface area contributed by atoms with E-state index in [9.17, 15) is 9.59 Å². The maximum Gasteiger partial charge on any atom is 0.251 e. The molecule has 0 bridgehead atoms. The molecule has 1 aliphatic carbocycles. The Hall–Kier alpha value is -2.28. The van der Waals surface area contributed by atoms with E-state index in [1.54, 1.807) is 18.2 Å². The molecule has 2 saturated heterocycles. The normalized spacial score (nSPS) is 28.9. The molecule has 5 rings (SSSR count). The number of carbonyl (C=O) groups is 2. The molecule has 0 spiro atoms. The SMILES string of the molecule is O=C(N[C@@H]1CN2CCCC[C@@]2(C(=O)NC2CCCC2)C1)c1ccc2c(c1)OCO2. The Morgan fingerprint density at radius 1 is 1.00 bits per heavy atom. The van der Waals surface area contributed by atoms with Crippen LogP contribution in [0.2, 0.25) is 0 Å². The van der Waals surface area contributed by atoms with Crippen LogP contribution in [0.3, 0.4) is 0 Å². The topological polar surface area (TPSA) is 79.9 Å². The molecular weight excluding hydrogens is 370 g/mol. The second kappa shape index (κ2) is 7.52. The minimum atomic E-state index is -0.465. The summed E-state index contributed by atoms with van der Waals surface area (Å²) >= 11 is 0. The number of piperidine rings is 1. The van der Waals surface area contributed by atoms with Crippen molar-refractivity contribution >= 4 is 11.8 Å². The lowest BCUT2D eigenvalue weighted by Gasteiger charge is -2.41. The quantitative estimate of drug-likeness (QED) is 0.811. The van der Waals surface area contributed by atoms with Crippen molar-refractivity contribution in [2.24, 2.45) is 0 Å². The van der Waals surface area contributed by atoms with Crippen LogP contribution in [0.25, 0.3) is 0 Å². The van der Waals surface area contributed by atoms with Crippen molar-refractivity contribution in [3.63, 3.8) is 0 Å². The average molecular weight is 399 g/mol. The molecule has 2 amide bonds. The lowest BCUT2D eigenvalue weighted by atomic mass is 9.84. The minimum absolute atomic E-state index is 0.0275. The Kier molecular flexibility index (Phi) is 4.86. The molecule has 7 heteroatoms. The van der Waals surface area contributed by atoms with Gasteiger partial charge in [-0.3, -0.25) is 14.5 Å². The van der Waals surface area contributed by atoms with Crippen molar-refractivity contribution in [1.82, 2.24) is 15.5 Å². The highest BCUT2D eigenvalue weighted by Gasteiger charge is 2.52. The molecule has 0 radical (unpaired) electrons. The fraction of sp³-hybridized carbons (Fsp3) is 0.636. The molecule has 2 atom stereocenters. The van der Waals surface area contributed by atoms with E-state index < -0.39 is 5.54 Å². The van der Waals surface area contributed by atoms with Gasteiger partial charge in [-0.2, -0.15) is 0 Å². The Morgan fingerprint density at radius 3 is 2.69 bits per heavy atom. The third-order valence-corrected chi connectivity index (χ3v) is 6.98. The Labute approximate surface area is 171 Å². The van der Waals surface area contributed by atoms with Crippen LogP contribution in [0, 0.1) is 0 Å². The summed E-state index contributed by atoms with van der Waals surface area (Å²) in [5, 5.41) is 6.48. The first-order valence-corrected chi connectivity index (χ1v) is 10.9. The van der Waals surface area contributed by atoms with E-state index in [0.29, 0.717) is 29.5 Å². The third-order valence-electron chi connectivity index (χ3n) is 6.98. The number of fused-ring (bicyclic) bond motifs is 2. The molecule has 1 saturated carbocycles. The standard InChI is InChI=1S/C22H29N3O4/c26-20(15-7-8-18-19(11-15)29-14-28-18)23-17-12-22(9-3-4-10-25(22)13-17)21(27)24-16-5-1-2-6-16/h7-8,11,16-17H,1-6,9-10,12-14H2,(H,23,26)(H,24,27)/t17-,22-/m0/s1. The van der Waals surface area contributed by atoms with Crippen molar-refractivity contribution in [3.05, 3.63) is 23.8 Å². The molecule has 4 aliphatic rings. The van der Waals surface area contributed by atoms with E-state index in [1.165, 1.54) is 12.8 Å². The predicted molar refractivity (Wildman–Crippen MR) is 107 cm³/mol. The zero-order valence-corrected chi connectivity index (χ0v) is 16.7. The van der Waals surface area contributed by atoms with Crippen LogP contribution >= 0.6 is 0 Å². The molecular formula is C22H29N3O4. The molecule has 156 valence electrons. The molecule has 3 heterocycles. The predicted octanol–water partition coefficient (Wildman–Crippen LogP) is 2.20. The van der Waals surface area contributed by atoms with Crippen LogP contribution in [0.5, 0.6) is 11.5 Å². The Morgan fingerprint density at radius 2 is 1.83 bits per heavy atom. The highest BCUT2D eigenvalue weighted by molar-refractivity contribution is 5.95. The van der Waals surface area contributed by atoms with Gasteiger partial charge >= 0.3 is 0 Å². The molecule has 1 aromatic rings. The van der Waals surface area contributed by atoms with Crippen molar-refractivity contribution < 1.29 is 19.1 Å². The van der Waals surface area contributed by atoms with Gasteiger partial charge in [0.05, 0.1) is 0 Å². The number of hydrogen-bond acceptors (Lipinski definition) is 5. The number of nitrogens with one attached hydrogen (secondary N) is 2. The van der Waals surface area contributed by atoms with E-state index in [2.05, 4.69) is 15.5 Å². The van der Waals surface area contributed by atoms with Crippen LogP contribution in [0.15, 0.2) is 18.2 Å². The van der Waals surface area contributed by atoms with Gasteiger partial charge in [0.15, 0.2) is 11.5 Å². The van der Waals surface area contributed by atoms with E-state index in [-0.39, 0.29) is 24.6 Å². The second-order valence-electron chi connectivity index (χ2n) is 8.83. The minimum Gasteiger partial charge on any atom is -0.454 e. The second-order valence-corrected chi connectivity index (χ2v) is 8.83. The summed E-state index contributed by atoms with van der Waals surface area (Å²) in [7, 11) is 0. The molecule has 0 unspecified atom stereocenters. The zero-order valence-electron chi connectivity index (χ0n) is 16.7. The summed E-state index contributed by atoms with van der Waals surface area (Å²) in [4.78, 5) is 28.4. The Balaban J connectivity index is 1.28. The van der Waals surface area contributed by atoms with Gasteiger partial charge in [-0.25, -0.2) is 0 Å². The molecule has 7 nitrogen and oxygen atoms in total. The lowest BCUT2D eigenvalue weighted by Crippen LogP contribution is -2.58. The molecule has 2 N–H and O–H groups in total. The fourth-order valence-electron chi connectivity index (χ4n) is 5.47. The number of rotatable bonds is 4. The summed E-state index contributed by atoms with van der Waals surface area (Å²) < 4.78 is 10.7. The molecule has 3 fully saturated rings. The largest absolute Gasteiger partial charge is 0.454 e. The van der Waals surface area contributed by atoms with Gasteiger partial charge in [0.2, 0.25) is 12.7 Å². The van der Waals surface area contributed by atoms with Crippen LogP contribution in [0.4, 0.5) is 0 Å². The van der Waals surface area contributed by atoms with Crippen molar-refractivity contribution in [2.75, 3.05) is 19.9 Å². The third kappa shape index (κ3) is 3.45. The van der Waals surface area contributed by atoms with E-state index >= 15 is 0 Å². The summed E-state index contributed by atoms with van der Waals surface area (Å²) in [5.74, 6) is 1.32. The first kappa shape index (κ1) is 18.7. The maximum absolute atomic E-state index is 13.3. The van der Waals surface area contributed by atoms with E-state index in [0.717, 1.165) is 45.2 Å². The summed E-state index contributed by atoms with van der Waals surface area (Å²) in [6.07, 6.45) is 8.33. The zero-order chi connectivity index (χ0) is 19.8. The van der Waals surface area contributed by atoms with Gasteiger partial charge in [-0.05, 0) is 63.3 Å².